The minimum absolute atomic E-state index is 0.0379. The average Bonchev–Trinajstić information content (AvgIpc) is 2.74. The van der Waals surface area contributed by atoms with Gasteiger partial charge < -0.3 is 10.2 Å². The third kappa shape index (κ3) is 3.99. The van der Waals surface area contributed by atoms with Gasteiger partial charge in [0.1, 0.15) is 0 Å². The summed E-state index contributed by atoms with van der Waals surface area (Å²) >= 11 is 0. The lowest BCUT2D eigenvalue weighted by Crippen LogP contribution is -2.35. The van der Waals surface area contributed by atoms with Crippen LogP contribution < -0.4 is 5.32 Å². The molecule has 0 saturated heterocycles. The first kappa shape index (κ1) is 18.4. The maximum Gasteiger partial charge on any atom is 0.228 e. The molecule has 0 radical (unpaired) electrons. The number of aromatic nitrogens is 4. The van der Waals surface area contributed by atoms with Crippen LogP contribution in [0, 0.1) is 5.92 Å². The van der Waals surface area contributed by atoms with E-state index in [4.69, 9.17) is 0 Å². The van der Waals surface area contributed by atoms with Crippen molar-refractivity contribution in [2.24, 2.45) is 5.92 Å². The van der Waals surface area contributed by atoms with Gasteiger partial charge in [-0.05, 0) is 58.0 Å². The van der Waals surface area contributed by atoms with E-state index in [-0.39, 0.29) is 11.8 Å². The highest BCUT2D eigenvalue weighted by Gasteiger charge is 2.27. The lowest BCUT2D eigenvalue weighted by atomic mass is 9.85. The Bertz CT molecular complexity index is 967. The number of hydrogen-bond donors (Lipinski definition) is 1. The second-order valence-electron chi connectivity index (χ2n) is 7.55. The number of hydrogen-bond acceptors (Lipinski definition) is 6. The molecule has 1 N–H and O–H groups in total. The van der Waals surface area contributed by atoms with Crippen molar-refractivity contribution in [3.63, 3.8) is 0 Å². The molecule has 28 heavy (non-hydrogen) atoms. The highest BCUT2D eigenvalue weighted by atomic mass is 16.1. The fourth-order valence-corrected chi connectivity index (χ4v) is 3.80. The molecule has 2 aromatic heterocycles. The molecule has 7 nitrogen and oxygen atoms in total. The molecule has 1 fully saturated rings. The summed E-state index contributed by atoms with van der Waals surface area (Å²) in [6.45, 7) is 0. The Kier molecular flexibility index (Phi) is 5.25. The molecule has 0 unspecified atom stereocenters. The molecule has 0 bridgehead atoms. The minimum atomic E-state index is 0.0379. The number of nitrogens with one attached hydrogen (secondary N) is 1. The number of carbonyl (C=O) groups is 1. The van der Waals surface area contributed by atoms with Gasteiger partial charge in [0.05, 0.1) is 17.4 Å². The van der Waals surface area contributed by atoms with E-state index in [1.807, 2.05) is 24.3 Å². The van der Waals surface area contributed by atoms with E-state index in [1.165, 1.54) is 0 Å². The summed E-state index contributed by atoms with van der Waals surface area (Å²) in [4.78, 5) is 23.4. The lowest BCUT2D eigenvalue weighted by Gasteiger charge is -2.31. The van der Waals surface area contributed by atoms with E-state index < -0.39 is 0 Å². The van der Waals surface area contributed by atoms with Crippen molar-refractivity contribution in [1.29, 1.82) is 0 Å². The molecule has 1 saturated carbocycles. The zero-order chi connectivity index (χ0) is 19.5. The van der Waals surface area contributed by atoms with E-state index in [0.717, 1.165) is 47.8 Å². The molecule has 1 aliphatic carbocycles. The molecule has 2 heterocycles. The maximum absolute atomic E-state index is 12.7. The molecule has 3 aromatic rings. The minimum Gasteiger partial charge on any atom is -0.309 e. The van der Waals surface area contributed by atoms with Crippen molar-refractivity contribution >= 4 is 22.6 Å². The SMILES string of the molecule is CN(C)C1CCC(C(=O)Nc2cc3cc(-c4cnccn4)ccc3nn2)CC1. The number of amides is 1. The van der Waals surface area contributed by atoms with Crippen LogP contribution in [0.1, 0.15) is 25.7 Å². The molecule has 7 heteroatoms. The summed E-state index contributed by atoms with van der Waals surface area (Å²) in [6.07, 6.45) is 8.96. The Balaban J connectivity index is 1.49. The highest BCUT2D eigenvalue weighted by molar-refractivity contribution is 5.94. The second kappa shape index (κ2) is 7.98. The van der Waals surface area contributed by atoms with Gasteiger partial charge in [-0.2, -0.15) is 0 Å². The fourth-order valence-electron chi connectivity index (χ4n) is 3.80. The van der Waals surface area contributed by atoms with Crippen molar-refractivity contribution in [2.75, 3.05) is 19.4 Å². The predicted octanol–water partition coefficient (Wildman–Crippen LogP) is 3.15. The number of benzene rings is 1. The predicted molar refractivity (Wildman–Crippen MR) is 109 cm³/mol. The van der Waals surface area contributed by atoms with Gasteiger partial charge in [-0.15, -0.1) is 10.2 Å². The molecule has 4 rings (SSSR count). The maximum atomic E-state index is 12.7. The van der Waals surface area contributed by atoms with Gasteiger partial charge >= 0.3 is 0 Å². The molecule has 0 aliphatic heterocycles. The first-order valence-electron chi connectivity index (χ1n) is 9.61. The summed E-state index contributed by atoms with van der Waals surface area (Å²) in [5.41, 5.74) is 2.52. The van der Waals surface area contributed by atoms with E-state index in [1.54, 1.807) is 18.6 Å². The molecular weight excluding hydrogens is 352 g/mol. The number of anilines is 1. The zero-order valence-electron chi connectivity index (χ0n) is 16.2. The van der Waals surface area contributed by atoms with E-state index in [2.05, 4.69) is 44.5 Å². The second-order valence-corrected chi connectivity index (χ2v) is 7.55. The van der Waals surface area contributed by atoms with Crippen LogP contribution in [0.3, 0.4) is 0 Å². The summed E-state index contributed by atoms with van der Waals surface area (Å²) in [5, 5.41) is 12.3. The summed E-state index contributed by atoms with van der Waals surface area (Å²) in [5.74, 6) is 0.569. The third-order valence-electron chi connectivity index (χ3n) is 5.49. The van der Waals surface area contributed by atoms with E-state index in [9.17, 15) is 4.79 Å². The molecule has 1 amide bonds. The Morgan fingerprint density at radius 3 is 2.61 bits per heavy atom. The molecule has 1 aromatic carbocycles. The average molecular weight is 376 g/mol. The topological polar surface area (TPSA) is 83.9 Å². The van der Waals surface area contributed by atoms with Crippen LogP contribution >= 0.6 is 0 Å². The van der Waals surface area contributed by atoms with Crippen LogP contribution in [-0.4, -0.2) is 51.1 Å². The van der Waals surface area contributed by atoms with Crippen LogP contribution in [0.2, 0.25) is 0 Å². The Hall–Kier alpha value is -2.93. The van der Waals surface area contributed by atoms with Crippen LogP contribution in [0.5, 0.6) is 0 Å². The summed E-state index contributed by atoms with van der Waals surface area (Å²) in [6, 6.07) is 8.28. The van der Waals surface area contributed by atoms with Gasteiger partial charge in [-0.25, -0.2) is 0 Å². The summed E-state index contributed by atoms with van der Waals surface area (Å²) < 4.78 is 0. The van der Waals surface area contributed by atoms with Crippen LogP contribution in [-0.2, 0) is 4.79 Å². The van der Waals surface area contributed by atoms with Gasteiger partial charge in [0, 0.05) is 35.3 Å². The van der Waals surface area contributed by atoms with Gasteiger partial charge in [-0.3, -0.25) is 14.8 Å². The van der Waals surface area contributed by atoms with Crippen molar-refractivity contribution < 1.29 is 4.79 Å². The van der Waals surface area contributed by atoms with Crippen LogP contribution in [0.15, 0.2) is 42.9 Å². The standard InChI is InChI=1S/C21H24N6O/c1-27(2)17-6-3-14(4-7-17)21(28)24-20-12-16-11-15(5-8-18(16)25-26-20)19-13-22-9-10-23-19/h5,8-14,17H,3-4,6-7H2,1-2H3,(H,24,26,28). The van der Waals surface area contributed by atoms with Gasteiger partial charge in [0.2, 0.25) is 5.91 Å². The monoisotopic (exact) mass is 376 g/mol. The summed E-state index contributed by atoms with van der Waals surface area (Å²) in [7, 11) is 4.20. The normalized spacial score (nSPS) is 19.7. The molecular formula is C21H24N6O. The van der Waals surface area contributed by atoms with Gasteiger partial charge in [0.25, 0.3) is 0 Å². The molecule has 1 aliphatic rings. The molecule has 0 spiro atoms. The number of fused-ring (bicyclic) bond motifs is 1. The Morgan fingerprint density at radius 1 is 1.07 bits per heavy atom. The van der Waals surface area contributed by atoms with Gasteiger partial charge in [-0.1, -0.05) is 6.07 Å². The molecule has 0 atom stereocenters. The van der Waals surface area contributed by atoms with Crippen LogP contribution in [0.25, 0.3) is 22.2 Å². The van der Waals surface area contributed by atoms with Gasteiger partial charge in [0.15, 0.2) is 5.82 Å². The zero-order valence-corrected chi connectivity index (χ0v) is 16.2. The smallest absolute Gasteiger partial charge is 0.228 e. The number of rotatable bonds is 4. The number of nitrogens with zero attached hydrogens (tertiary/aromatic N) is 5. The fraction of sp³-hybridized carbons (Fsp3) is 0.381. The largest absolute Gasteiger partial charge is 0.309 e. The highest BCUT2D eigenvalue weighted by Crippen LogP contribution is 2.28. The molecule has 144 valence electrons. The van der Waals surface area contributed by atoms with Crippen molar-refractivity contribution in [2.45, 2.75) is 31.7 Å². The van der Waals surface area contributed by atoms with Crippen molar-refractivity contribution in [1.82, 2.24) is 25.1 Å². The van der Waals surface area contributed by atoms with Crippen molar-refractivity contribution in [3.8, 4) is 11.3 Å². The van der Waals surface area contributed by atoms with E-state index >= 15 is 0 Å². The third-order valence-corrected chi connectivity index (χ3v) is 5.49. The first-order valence-corrected chi connectivity index (χ1v) is 9.61. The van der Waals surface area contributed by atoms with E-state index in [0.29, 0.717) is 11.9 Å². The Labute approximate surface area is 164 Å². The van der Waals surface area contributed by atoms with Crippen molar-refractivity contribution in [3.05, 3.63) is 42.9 Å². The number of carbonyl (C=O) groups excluding carboxylic acids is 1. The Morgan fingerprint density at radius 2 is 1.89 bits per heavy atom. The quantitative estimate of drug-likeness (QED) is 0.753. The van der Waals surface area contributed by atoms with Crippen LogP contribution in [0.4, 0.5) is 5.82 Å². The first-order chi connectivity index (χ1) is 13.6. The lowest BCUT2D eigenvalue weighted by molar-refractivity contribution is -0.121.